The Morgan fingerprint density at radius 1 is 1.19 bits per heavy atom. The van der Waals surface area contributed by atoms with Gasteiger partial charge in [0.15, 0.2) is 12.3 Å². The number of benzene rings is 1. The summed E-state index contributed by atoms with van der Waals surface area (Å²) >= 11 is 0. The fourth-order valence-electron chi connectivity index (χ4n) is 3.72. The van der Waals surface area contributed by atoms with Crippen molar-refractivity contribution in [2.75, 3.05) is 19.7 Å². The van der Waals surface area contributed by atoms with Gasteiger partial charge in [0.1, 0.15) is 11.6 Å². The highest BCUT2D eigenvalue weighted by Gasteiger charge is 2.28. The summed E-state index contributed by atoms with van der Waals surface area (Å²) in [4.78, 5) is 14.6. The highest BCUT2D eigenvalue weighted by Crippen LogP contribution is 2.26. The molecular weight excluding hydrogens is 340 g/mol. The zero-order valence-corrected chi connectivity index (χ0v) is 15.5. The van der Waals surface area contributed by atoms with Gasteiger partial charge in [-0.15, -0.1) is 10.2 Å². The number of ether oxygens (including phenoxy) is 1. The molecule has 4 rings (SSSR count). The molecule has 3 heterocycles. The number of hydrogen-bond donors (Lipinski definition) is 0. The van der Waals surface area contributed by atoms with Crippen LogP contribution in [0, 0.1) is 0 Å². The van der Waals surface area contributed by atoms with Gasteiger partial charge in [-0.1, -0.05) is 31.2 Å². The van der Waals surface area contributed by atoms with Crippen LogP contribution in [0.1, 0.15) is 37.1 Å². The fraction of sp³-hybridized carbons (Fsp3) is 0.381. The van der Waals surface area contributed by atoms with E-state index >= 15 is 0 Å². The molecule has 1 aliphatic heterocycles. The Kier molecular flexibility index (Phi) is 5.05. The van der Waals surface area contributed by atoms with Crippen molar-refractivity contribution in [1.29, 1.82) is 0 Å². The van der Waals surface area contributed by atoms with Gasteiger partial charge in [-0.3, -0.25) is 9.20 Å². The van der Waals surface area contributed by atoms with E-state index in [4.69, 9.17) is 4.74 Å². The van der Waals surface area contributed by atoms with E-state index in [-0.39, 0.29) is 18.4 Å². The lowest BCUT2D eigenvalue weighted by Gasteiger charge is -2.32. The molecule has 0 saturated carbocycles. The highest BCUT2D eigenvalue weighted by atomic mass is 16.5. The fourth-order valence-corrected chi connectivity index (χ4v) is 3.72. The van der Waals surface area contributed by atoms with Crippen molar-refractivity contribution in [2.24, 2.45) is 0 Å². The lowest BCUT2D eigenvalue weighted by Crippen LogP contribution is -2.42. The van der Waals surface area contributed by atoms with Crippen molar-refractivity contribution in [1.82, 2.24) is 19.5 Å². The van der Waals surface area contributed by atoms with Gasteiger partial charge in [0.25, 0.3) is 5.91 Å². The van der Waals surface area contributed by atoms with Crippen molar-refractivity contribution in [2.45, 2.75) is 32.1 Å². The summed E-state index contributed by atoms with van der Waals surface area (Å²) in [5.74, 6) is 1.95. The molecule has 1 unspecified atom stereocenters. The Bertz CT molecular complexity index is 937. The maximum atomic E-state index is 12.7. The predicted octanol–water partition coefficient (Wildman–Crippen LogP) is 3.08. The zero-order chi connectivity index (χ0) is 18.6. The standard InChI is InChI=1S/C21H24N4O2/c1-2-16-8-3-4-10-18(16)27-15-20(26)24-12-7-9-17(14-24)21-23-22-19-11-5-6-13-25(19)21/h3-6,8,10-11,13,17H,2,7,9,12,14-15H2,1H3. The van der Waals surface area contributed by atoms with Crippen LogP contribution in [0.25, 0.3) is 5.65 Å². The average molecular weight is 364 g/mol. The number of fused-ring (bicyclic) bond motifs is 1. The summed E-state index contributed by atoms with van der Waals surface area (Å²) in [6.45, 7) is 3.59. The first-order valence-corrected chi connectivity index (χ1v) is 9.54. The second kappa shape index (κ2) is 7.78. The number of para-hydroxylation sites is 1. The van der Waals surface area contributed by atoms with Gasteiger partial charge in [0.2, 0.25) is 0 Å². The Morgan fingerprint density at radius 2 is 2.04 bits per heavy atom. The van der Waals surface area contributed by atoms with Gasteiger partial charge in [-0.25, -0.2) is 0 Å². The van der Waals surface area contributed by atoms with E-state index in [0.29, 0.717) is 6.54 Å². The van der Waals surface area contributed by atoms with Gasteiger partial charge in [-0.05, 0) is 43.0 Å². The number of likely N-dealkylation sites (tertiary alicyclic amines) is 1. The van der Waals surface area contributed by atoms with Crippen LogP contribution in [0.5, 0.6) is 5.75 Å². The monoisotopic (exact) mass is 364 g/mol. The molecule has 3 aromatic rings. The Hall–Kier alpha value is -2.89. The molecule has 2 aromatic heterocycles. The Balaban J connectivity index is 1.42. The molecule has 0 spiro atoms. The molecule has 0 bridgehead atoms. The molecule has 1 saturated heterocycles. The summed E-state index contributed by atoms with van der Waals surface area (Å²) in [6, 6.07) is 13.8. The number of rotatable bonds is 5. The molecule has 1 fully saturated rings. The van der Waals surface area contributed by atoms with E-state index in [9.17, 15) is 4.79 Å². The van der Waals surface area contributed by atoms with Crippen LogP contribution < -0.4 is 4.74 Å². The number of nitrogens with zero attached hydrogens (tertiary/aromatic N) is 4. The topological polar surface area (TPSA) is 59.7 Å². The zero-order valence-electron chi connectivity index (χ0n) is 15.5. The number of aryl methyl sites for hydroxylation is 1. The Labute approximate surface area is 158 Å². The largest absolute Gasteiger partial charge is 0.483 e. The molecule has 1 aromatic carbocycles. The molecule has 27 heavy (non-hydrogen) atoms. The van der Waals surface area contributed by atoms with Crippen molar-refractivity contribution in [3.63, 3.8) is 0 Å². The first-order valence-electron chi connectivity index (χ1n) is 9.54. The minimum Gasteiger partial charge on any atom is -0.483 e. The van der Waals surface area contributed by atoms with Crippen LogP contribution in [0.4, 0.5) is 0 Å². The molecule has 0 N–H and O–H groups in total. The lowest BCUT2D eigenvalue weighted by molar-refractivity contribution is -0.134. The maximum absolute atomic E-state index is 12.7. The van der Waals surface area contributed by atoms with Gasteiger partial charge in [0.05, 0.1) is 0 Å². The van der Waals surface area contributed by atoms with Crippen LogP contribution in [-0.2, 0) is 11.2 Å². The van der Waals surface area contributed by atoms with Crippen molar-refractivity contribution in [3.8, 4) is 5.75 Å². The van der Waals surface area contributed by atoms with E-state index < -0.39 is 0 Å². The van der Waals surface area contributed by atoms with Crippen LogP contribution in [-0.4, -0.2) is 45.1 Å². The first kappa shape index (κ1) is 17.5. The first-order chi connectivity index (χ1) is 13.3. The molecule has 1 aliphatic rings. The van der Waals surface area contributed by atoms with Gasteiger partial charge >= 0.3 is 0 Å². The smallest absolute Gasteiger partial charge is 0.260 e. The number of piperidine rings is 1. The van der Waals surface area contributed by atoms with E-state index in [1.807, 2.05) is 58.0 Å². The maximum Gasteiger partial charge on any atom is 0.260 e. The molecule has 6 heteroatoms. The normalized spacial score (nSPS) is 17.2. The molecule has 1 atom stereocenters. The third-order valence-electron chi connectivity index (χ3n) is 5.18. The van der Waals surface area contributed by atoms with E-state index in [0.717, 1.165) is 48.6 Å². The van der Waals surface area contributed by atoms with Gasteiger partial charge < -0.3 is 9.64 Å². The minimum atomic E-state index is 0.0272. The van der Waals surface area contributed by atoms with Crippen LogP contribution in [0.3, 0.4) is 0 Å². The van der Waals surface area contributed by atoms with E-state index in [2.05, 4.69) is 17.1 Å². The molecule has 0 radical (unpaired) electrons. The molecule has 140 valence electrons. The number of hydrogen-bond acceptors (Lipinski definition) is 4. The third-order valence-corrected chi connectivity index (χ3v) is 5.18. The van der Waals surface area contributed by atoms with E-state index in [1.54, 1.807) is 0 Å². The number of carbonyl (C=O) groups is 1. The summed E-state index contributed by atoms with van der Waals surface area (Å²) in [7, 11) is 0. The summed E-state index contributed by atoms with van der Waals surface area (Å²) in [5, 5.41) is 8.62. The van der Waals surface area contributed by atoms with E-state index in [1.165, 1.54) is 0 Å². The van der Waals surface area contributed by atoms with Gasteiger partial charge in [0, 0.05) is 25.2 Å². The molecule has 0 aliphatic carbocycles. The van der Waals surface area contributed by atoms with Crippen LogP contribution in [0.2, 0.25) is 0 Å². The predicted molar refractivity (Wildman–Crippen MR) is 103 cm³/mol. The van der Waals surface area contributed by atoms with Crippen LogP contribution in [0.15, 0.2) is 48.7 Å². The quantitative estimate of drug-likeness (QED) is 0.698. The molecule has 1 amide bonds. The second-order valence-corrected chi connectivity index (χ2v) is 6.92. The SMILES string of the molecule is CCc1ccccc1OCC(=O)N1CCCC(c2nnc3ccccn23)C1. The molecule has 6 nitrogen and oxygen atoms in total. The van der Waals surface area contributed by atoms with Crippen molar-refractivity contribution >= 4 is 11.6 Å². The average Bonchev–Trinajstić information content (AvgIpc) is 3.16. The summed E-state index contributed by atoms with van der Waals surface area (Å²) < 4.78 is 7.84. The van der Waals surface area contributed by atoms with Crippen molar-refractivity contribution in [3.05, 3.63) is 60.0 Å². The number of amides is 1. The lowest BCUT2D eigenvalue weighted by atomic mass is 9.97. The highest BCUT2D eigenvalue weighted by molar-refractivity contribution is 5.78. The Morgan fingerprint density at radius 3 is 2.93 bits per heavy atom. The number of carbonyl (C=O) groups excluding carboxylic acids is 1. The number of aromatic nitrogens is 3. The van der Waals surface area contributed by atoms with Crippen molar-refractivity contribution < 1.29 is 9.53 Å². The molecular formula is C21H24N4O2. The third kappa shape index (κ3) is 3.65. The summed E-state index contributed by atoms with van der Waals surface area (Å²) in [6.07, 6.45) is 4.84. The minimum absolute atomic E-state index is 0.0272. The number of pyridine rings is 1. The van der Waals surface area contributed by atoms with Crippen LogP contribution >= 0.6 is 0 Å². The van der Waals surface area contributed by atoms with Gasteiger partial charge in [-0.2, -0.15) is 0 Å². The second-order valence-electron chi connectivity index (χ2n) is 6.92. The summed E-state index contributed by atoms with van der Waals surface area (Å²) in [5.41, 5.74) is 1.97.